The Labute approximate surface area is 232 Å². The number of nitrogens with one attached hydrogen (secondary N) is 2. The van der Waals surface area contributed by atoms with Crippen LogP contribution in [0.3, 0.4) is 0 Å². The standard InChI is InChI=1S/C32H43N3O4/c1-20-11-10-13-22(19-20)33-29(36)26-25-17-18-32(39-25)27(26)31(38)35(23-14-6-4-3-5-7-15-23)28(32)30(37)34-24-16-9-8-12-21(24)2/h10-11,13,17-19,21,23-28H,3-9,12,14-16H2,1-2H3,(H,33,36)(H,34,37). The van der Waals surface area contributed by atoms with Gasteiger partial charge in [0.25, 0.3) is 0 Å². The fourth-order valence-corrected chi connectivity index (χ4v) is 8.05. The molecule has 6 rings (SSSR count). The van der Waals surface area contributed by atoms with Gasteiger partial charge in [0, 0.05) is 17.8 Å². The largest absolute Gasteiger partial charge is 0.359 e. The summed E-state index contributed by atoms with van der Waals surface area (Å²) in [5, 5.41) is 6.40. The van der Waals surface area contributed by atoms with E-state index in [1.54, 1.807) is 0 Å². The molecule has 1 spiro atoms. The number of hydrogen-bond donors (Lipinski definition) is 2. The van der Waals surface area contributed by atoms with Crippen LogP contribution in [0.5, 0.6) is 0 Å². The van der Waals surface area contributed by atoms with Crippen molar-refractivity contribution in [2.45, 2.75) is 114 Å². The first-order valence-corrected chi connectivity index (χ1v) is 15.3. The van der Waals surface area contributed by atoms with E-state index in [1.165, 1.54) is 12.8 Å². The third-order valence-electron chi connectivity index (χ3n) is 10.1. The van der Waals surface area contributed by atoms with E-state index < -0.39 is 29.6 Å². The van der Waals surface area contributed by atoms with E-state index in [9.17, 15) is 14.4 Å². The number of benzene rings is 1. The summed E-state index contributed by atoms with van der Waals surface area (Å²) in [7, 11) is 0. The topological polar surface area (TPSA) is 87.7 Å². The van der Waals surface area contributed by atoms with Crippen molar-refractivity contribution < 1.29 is 19.1 Å². The number of carbonyl (C=O) groups is 3. The molecule has 3 heterocycles. The van der Waals surface area contributed by atoms with E-state index in [2.05, 4.69) is 17.6 Å². The van der Waals surface area contributed by atoms with Crippen molar-refractivity contribution in [2.24, 2.45) is 17.8 Å². The van der Waals surface area contributed by atoms with E-state index in [-0.39, 0.29) is 29.8 Å². The molecule has 1 aromatic rings. The summed E-state index contributed by atoms with van der Waals surface area (Å²) in [4.78, 5) is 44.2. The molecule has 3 aliphatic heterocycles. The maximum absolute atomic E-state index is 14.4. The van der Waals surface area contributed by atoms with Gasteiger partial charge in [-0.15, -0.1) is 0 Å². The third-order valence-corrected chi connectivity index (χ3v) is 10.1. The van der Waals surface area contributed by atoms with Gasteiger partial charge in [-0.05, 0) is 56.2 Å². The molecule has 5 aliphatic rings. The first kappa shape index (κ1) is 26.5. The van der Waals surface area contributed by atoms with Crippen LogP contribution in [0.2, 0.25) is 0 Å². The second-order valence-corrected chi connectivity index (χ2v) is 12.7. The van der Waals surface area contributed by atoms with Gasteiger partial charge >= 0.3 is 0 Å². The normalized spacial score (nSPS) is 36.4. The van der Waals surface area contributed by atoms with Gasteiger partial charge in [0.2, 0.25) is 17.7 Å². The van der Waals surface area contributed by atoms with Crippen molar-refractivity contribution in [3.8, 4) is 0 Å². The molecule has 7 nitrogen and oxygen atoms in total. The SMILES string of the molecule is Cc1cccc(NC(=O)C2C3C=CC4(O3)C2C(=O)N(C2CCCCCCC2)C4C(=O)NC2CCCCC2C)c1. The predicted octanol–water partition coefficient (Wildman–Crippen LogP) is 4.89. The number of carbonyl (C=O) groups excluding carboxylic acids is 3. The average molecular weight is 534 g/mol. The molecule has 2 saturated heterocycles. The van der Waals surface area contributed by atoms with Gasteiger partial charge in [-0.2, -0.15) is 0 Å². The monoisotopic (exact) mass is 533 g/mol. The van der Waals surface area contributed by atoms with Crippen molar-refractivity contribution in [3.63, 3.8) is 0 Å². The first-order valence-electron chi connectivity index (χ1n) is 15.3. The Morgan fingerprint density at radius 2 is 1.69 bits per heavy atom. The number of ether oxygens (including phenoxy) is 1. The highest BCUT2D eigenvalue weighted by Crippen LogP contribution is 2.56. The van der Waals surface area contributed by atoms with E-state index in [0.717, 1.165) is 63.4 Å². The quantitative estimate of drug-likeness (QED) is 0.528. The smallest absolute Gasteiger partial charge is 0.246 e. The lowest BCUT2D eigenvalue weighted by Crippen LogP contribution is -2.59. The summed E-state index contributed by atoms with van der Waals surface area (Å²) in [6, 6.07) is 7.05. The van der Waals surface area contributed by atoms with Gasteiger partial charge in [-0.1, -0.05) is 76.2 Å². The van der Waals surface area contributed by atoms with Gasteiger partial charge in [0.15, 0.2) is 0 Å². The number of amides is 3. The Bertz CT molecular complexity index is 1140. The van der Waals surface area contributed by atoms with Crippen LogP contribution in [0, 0.1) is 24.7 Å². The Morgan fingerprint density at radius 1 is 0.974 bits per heavy atom. The Kier molecular flexibility index (Phi) is 7.30. The van der Waals surface area contributed by atoms with Gasteiger partial charge in [0.05, 0.1) is 17.9 Å². The Balaban J connectivity index is 1.33. The molecule has 2 saturated carbocycles. The van der Waals surface area contributed by atoms with Crippen LogP contribution in [-0.4, -0.2) is 52.5 Å². The molecule has 7 atom stereocenters. The summed E-state index contributed by atoms with van der Waals surface area (Å²) in [6.45, 7) is 4.19. The summed E-state index contributed by atoms with van der Waals surface area (Å²) < 4.78 is 6.58. The van der Waals surface area contributed by atoms with Gasteiger partial charge < -0.3 is 20.3 Å². The molecular formula is C32H43N3O4. The molecule has 210 valence electrons. The number of hydrogen-bond acceptors (Lipinski definition) is 4. The highest BCUT2D eigenvalue weighted by Gasteiger charge is 2.73. The Morgan fingerprint density at radius 3 is 2.44 bits per heavy atom. The highest BCUT2D eigenvalue weighted by atomic mass is 16.5. The molecular weight excluding hydrogens is 490 g/mol. The number of nitrogens with zero attached hydrogens (tertiary/aromatic N) is 1. The van der Waals surface area contributed by atoms with Crippen LogP contribution in [0.15, 0.2) is 36.4 Å². The zero-order valence-corrected chi connectivity index (χ0v) is 23.4. The van der Waals surface area contributed by atoms with Crippen LogP contribution >= 0.6 is 0 Å². The number of fused-ring (bicyclic) bond motifs is 1. The van der Waals surface area contributed by atoms with Gasteiger partial charge in [0.1, 0.15) is 11.6 Å². The van der Waals surface area contributed by atoms with Gasteiger partial charge in [-0.25, -0.2) is 0 Å². The molecule has 39 heavy (non-hydrogen) atoms. The number of likely N-dealkylation sites (tertiary alicyclic amines) is 1. The Hall–Kier alpha value is -2.67. The summed E-state index contributed by atoms with van der Waals surface area (Å²) >= 11 is 0. The minimum Gasteiger partial charge on any atom is -0.359 e. The molecule has 3 amide bonds. The zero-order chi connectivity index (χ0) is 27.1. The fourth-order valence-electron chi connectivity index (χ4n) is 8.05. The maximum Gasteiger partial charge on any atom is 0.246 e. The van der Waals surface area contributed by atoms with E-state index in [4.69, 9.17) is 4.74 Å². The summed E-state index contributed by atoms with van der Waals surface area (Å²) in [5.74, 6) is -1.36. The third kappa shape index (κ3) is 4.71. The number of rotatable bonds is 5. The minimum absolute atomic E-state index is 0.00571. The first-order chi connectivity index (χ1) is 18.9. The van der Waals surface area contributed by atoms with Crippen LogP contribution in [0.4, 0.5) is 5.69 Å². The van der Waals surface area contributed by atoms with Crippen LogP contribution < -0.4 is 10.6 Å². The fraction of sp³-hybridized carbons (Fsp3) is 0.656. The molecule has 0 radical (unpaired) electrons. The number of anilines is 1. The lowest BCUT2D eigenvalue weighted by Gasteiger charge is -2.39. The van der Waals surface area contributed by atoms with E-state index in [1.807, 2.05) is 48.2 Å². The molecule has 1 aromatic carbocycles. The van der Waals surface area contributed by atoms with Crippen LogP contribution in [0.1, 0.15) is 83.1 Å². The number of aryl methyl sites for hydroxylation is 1. The van der Waals surface area contributed by atoms with Crippen molar-refractivity contribution >= 4 is 23.4 Å². The highest BCUT2D eigenvalue weighted by molar-refractivity contribution is 6.03. The van der Waals surface area contributed by atoms with Crippen molar-refractivity contribution in [1.29, 1.82) is 0 Å². The minimum atomic E-state index is -1.10. The van der Waals surface area contributed by atoms with Crippen molar-refractivity contribution in [2.75, 3.05) is 5.32 Å². The lowest BCUT2D eigenvalue weighted by atomic mass is 9.74. The molecule has 0 aromatic heterocycles. The van der Waals surface area contributed by atoms with Crippen molar-refractivity contribution in [3.05, 3.63) is 42.0 Å². The van der Waals surface area contributed by atoms with Crippen LogP contribution in [-0.2, 0) is 19.1 Å². The molecule has 7 unspecified atom stereocenters. The lowest BCUT2D eigenvalue weighted by molar-refractivity contribution is -0.144. The molecule has 7 heteroatoms. The van der Waals surface area contributed by atoms with E-state index in [0.29, 0.717) is 11.6 Å². The van der Waals surface area contributed by atoms with E-state index >= 15 is 0 Å². The molecule has 2 aliphatic carbocycles. The molecule has 4 fully saturated rings. The maximum atomic E-state index is 14.4. The van der Waals surface area contributed by atoms with Gasteiger partial charge in [-0.3, -0.25) is 14.4 Å². The zero-order valence-electron chi connectivity index (χ0n) is 23.4. The summed E-state index contributed by atoms with van der Waals surface area (Å²) in [5.41, 5.74) is 0.666. The second kappa shape index (κ2) is 10.7. The molecule has 2 N–H and O–H groups in total. The predicted molar refractivity (Wildman–Crippen MR) is 150 cm³/mol. The molecule has 2 bridgehead atoms. The van der Waals surface area contributed by atoms with Crippen molar-refractivity contribution in [1.82, 2.24) is 10.2 Å². The van der Waals surface area contributed by atoms with Crippen LogP contribution in [0.25, 0.3) is 0 Å². The summed E-state index contributed by atoms with van der Waals surface area (Å²) in [6.07, 6.45) is 15.2. The second-order valence-electron chi connectivity index (χ2n) is 12.7. The average Bonchev–Trinajstić information content (AvgIpc) is 3.53.